The molecule has 9 heteroatoms. The van der Waals surface area contributed by atoms with Crippen LogP contribution in [0.1, 0.15) is 18.1 Å². The number of imide groups is 1. The molecule has 3 amide bonds. The first-order valence-corrected chi connectivity index (χ1v) is 9.57. The molecule has 0 fully saturated rings. The fraction of sp³-hybridized carbons (Fsp3) is 0.150. The number of nitrogens with two attached hydrogens (primary N) is 1. The van der Waals surface area contributed by atoms with E-state index in [0.717, 1.165) is 5.56 Å². The zero-order chi connectivity index (χ0) is 21.4. The van der Waals surface area contributed by atoms with Crippen molar-refractivity contribution in [2.75, 3.05) is 6.61 Å². The minimum absolute atomic E-state index is 0.290. The molecular weight excluding hydrogens is 462 g/mol. The Morgan fingerprint density at radius 2 is 1.90 bits per heavy atom. The molecule has 3 N–H and O–H groups in total. The number of carbonyl (C=O) groups excluding carboxylic acids is 2. The van der Waals surface area contributed by atoms with Gasteiger partial charge in [0.15, 0.2) is 11.5 Å². The number of benzene rings is 2. The number of primary amides is 1. The lowest BCUT2D eigenvalue weighted by atomic mass is 10.1. The Morgan fingerprint density at radius 1 is 1.24 bits per heavy atom. The lowest BCUT2D eigenvalue weighted by Crippen LogP contribution is -2.35. The molecule has 0 saturated heterocycles. The van der Waals surface area contributed by atoms with Gasteiger partial charge in [-0.3, -0.25) is 10.1 Å². The van der Waals surface area contributed by atoms with Crippen molar-refractivity contribution in [1.82, 2.24) is 5.32 Å². The number of urea groups is 1. The van der Waals surface area contributed by atoms with Crippen LogP contribution in [-0.2, 0) is 11.4 Å². The molecule has 0 spiro atoms. The summed E-state index contributed by atoms with van der Waals surface area (Å²) in [4.78, 5) is 22.7. The molecule has 29 heavy (non-hydrogen) atoms. The van der Waals surface area contributed by atoms with Gasteiger partial charge in [0, 0.05) is 9.50 Å². The highest BCUT2D eigenvalue weighted by Crippen LogP contribution is 2.35. The van der Waals surface area contributed by atoms with E-state index in [1.807, 2.05) is 24.4 Å². The van der Waals surface area contributed by atoms with Crippen molar-refractivity contribution < 1.29 is 19.1 Å². The van der Waals surface area contributed by atoms with Crippen molar-refractivity contribution >= 4 is 45.5 Å². The number of nitrogens with zero attached hydrogens (tertiary/aromatic N) is 1. The van der Waals surface area contributed by atoms with Gasteiger partial charge in [-0.2, -0.15) is 5.26 Å². The minimum atomic E-state index is -1.05. The molecule has 2 rings (SSSR count). The molecule has 2 aromatic rings. The fourth-order valence-electron chi connectivity index (χ4n) is 2.27. The molecule has 150 valence electrons. The SMILES string of the molecule is CCOc1cc(/C=C(/C#N)C(=O)NC(N)=O)c(Br)cc1OCc1ccc(Cl)cc1. The van der Waals surface area contributed by atoms with Crippen LogP contribution in [0.2, 0.25) is 5.02 Å². The highest BCUT2D eigenvalue weighted by atomic mass is 79.9. The molecule has 0 aliphatic rings. The first-order chi connectivity index (χ1) is 13.8. The summed E-state index contributed by atoms with van der Waals surface area (Å²) < 4.78 is 12.0. The van der Waals surface area contributed by atoms with Crippen molar-refractivity contribution in [3.05, 3.63) is 62.6 Å². The van der Waals surface area contributed by atoms with Crippen molar-refractivity contribution in [3.8, 4) is 17.6 Å². The fourth-order valence-corrected chi connectivity index (χ4v) is 2.83. The summed E-state index contributed by atoms with van der Waals surface area (Å²) in [6.45, 7) is 2.50. The van der Waals surface area contributed by atoms with E-state index in [9.17, 15) is 14.9 Å². The average molecular weight is 479 g/mol. The molecule has 7 nitrogen and oxygen atoms in total. The zero-order valence-electron chi connectivity index (χ0n) is 15.4. The Balaban J connectivity index is 2.31. The number of carbonyl (C=O) groups is 2. The van der Waals surface area contributed by atoms with Crippen LogP contribution in [0.25, 0.3) is 6.08 Å². The number of nitrogens with one attached hydrogen (secondary N) is 1. The van der Waals surface area contributed by atoms with E-state index in [1.54, 1.807) is 30.3 Å². The summed E-state index contributed by atoms with van der Waals surface area (Å²) in [5.74, 6) is 0.0161. The largest absolute Gasteiger partial charge is 0.490 e. The Kier molecular flexibility index (Phi) is 8.07. The minimum Gasteiger partial charge on any atom is -0.490 e. The molecule has 0 unspecified atom stereocenters. The van der Waals surface area contributed by atoms with E-state index in [0.29, 0.717) is 39.8 Å². The molecule has 0 aliphatic carbocycles. The number of hydrogen-bond acceptors (Lipinski definition) is 5. The third kappa shape index (κ3) is 6.52. The van der Waals surface area contributed by atoms with Crippen molar-refractivity contribution in [2.45, 2.75) is 13.5 Å². The van der Waals surface area contributed by atoms with Gasteiger partial charge in [-0.1, -0.05) is 39.7 Å². The third-order valence-electron chi connectivity index (χ3n) is 3.57. The summed E-state index contributed by atoms with van der Waals surface area (Å²) in [6, 6.07) is 11.2. The Labute approximate surface area is 181 Å². The van der Waals surface area contributed by atoms with Gasteiger partial charge in [0.2, 0.25) is 0 Å². The van der Waals surface area contributed by atoms with Crippen LogP contribution in [0.3, 0.4) is 0 Å². The number of nitriles is 1. The molecule has 2 aromatic carbocycles. The number of ether oxygens (including phenoxy) is 2. The molecule has 0 aliphatic heterocycles. The second-order valence-electron chi connectivity index (χ2n) is 5.66. The van der Waals surface area contributed by atoms with Crippen LogP contribution < -0.4 is 20.5 Å². The summed E-state index contributed by atoms with van der Waals surface area (Å²) in [6.07, 6.45) is 1.31. The number of hydrogen-bond donors (Lipinski definition) is 2. The topological polar surface area (TPSA) is 114 Å². The maximum atomic E-state index is 11.9. The third-order valence-corrected chi connectivity index (χ3v) is 4.51. The first-order valence-electron chi connectivity index (χ1n) is 8.40. The zero-order valence-corrected chi connectivity index (χ0v) is 17.7. The average Bonchev–Trinajstić information content (AvgIpc) is 2.67. The molecule has 0 aromatic heterocycles. The summed E-state index contributed by atoms with van der Waals surface area (Å²) >= 11 is 9.28. The van der Waals surface area contributed by atoms with Crippen LogP contribution in [0, 0.1) is 11.3 Å². The molecular formula is C20H17BrClN3O4. The predicted molar refractivity (Wildman–Crippen MR) is 112 cm³/mol. The maximum Gasteiger partial charge on any atom is 0.319 e. The van der Waals surface area contributed by atoms with Gasteiger partial charge < -0.3 is 15.2 Å². The van der Waals surface area contributed by atoms with Crippen LogP contribution in [0.4, 0.5) is 4.79 Å². The Bertz CT molecular complexity index is 984. The summed E-state index contributed by atoms with van der Waals surface area (Å²) in [7, 11) is 0. The molecule has 0 radical (unpaired) electrons. The molecule has 0 saturated carbocycles. The van der Waals surface area contributed by atoms with Gasteiger partial charge in [-0.05, 0) is 48.4 Å². The Morgan fingerprint density at radius 3 is 2.48 bits per heavy atom. The van der Waals surface area contributed by atoms with Crippen LogP contribution >= 0.6 is 27.5 Å². The van der Waals surface area contributed by atoms with E-state index in [1.165, 1.54) is 6.08 Å². The van der Waals surface area contributed by atoms with Crippen molar-refractivity contribution in [2.24, 2.45) is 5.73 Å². The standard InChI is InChI=1S/C20H17BrClN3O4/c1-2-28-17-8-13(7-14(10-23)19(26)25-20(24)27)16(21)9-18(17)29-11-12-3-5-15(22)6-4-12/h3-9H,2,11H2,1H3,(H3,24,25,26,27)/b14-7-. The normalized spacial score (nSPS) is 10.8. The second-order valence-corrected chi connectivity index (χ2v) is 6.95. The Hall–Kier alpha value is -3.02. The monoisotopic (exact) mass is 477 g/mol. The molecule has 0 heterocycles. The second kappa shape index (κ2) is 10.5. The van der Waals surface area contributed by atoms with Gasteiger partial charge in [0.1, 0.15) is 18.2 Å². The van der Waals surface area contributed by atoms with Gasteiger partial charge in [-0.25, -0.2) is 4.79 Å². The number of halogens is 2. The lowest BCUT2D eigenvalue weighted by Gasteiger charge is -2.14. The van der Waals surface area contributed by atoms with Crippen molar-refractivity contribution in [1.29, 1.82) is 5.26 Å². The number of rotatable bonds is 7. The van der Waals surface area contributed by atoms with E-state index in [4.69, 9.17) is 26.8 Å². The van der Waals surface area contributed by atoms with Crippen LogP contribution in [0.15, 0.2) is 46.4 Å². The highest BCUT2D eigenvalue weighted by Gasteiger charge is 2.15. The molecule has 0 atom stereocenters. The van der Waals surface area contributed by atoms with E-state index in [2.05, 4.69) is 15.9 Å². The summed E-state index contributed by atoms with van der Waals surface area (Å²) in [5.41, 5.74) is 6.04. The van der Waals surface area contributed by atoms with Crippen molar-refractivity contribution in [3.63, 3.8) is 0 Å². The van der Waals surface area contributed by atoms with E-state index >= 15 is 0 Å². The highest BCUT2D eigenvalue weighted by molar-refractivity contribution is 9.10. The van der Waals surface area contributed by atoms with Crippen LogP contribution in [-0.4, -0.2) is 18.5 Å². The van der Waals surface area contributed by atoms with Gasteiger partial charge in [0.05, 0.1) is 6.61 Å². The van der Waals surface area contributed by atoms with E-state index in [-0.39, 0.29) is 5.57 Å². The van der Waals surface area contributed by atoms with Crippen LogP contribution in [0.5, 0.6) is 11.5 Å². The first kappa shape index (κ1) is 22.3. The predicted octanol–water partition coefficient (Wildman–Crippen LogP) is 4.18. The summed E-state index contributed by atoms with van der Waals surface area (Å²) in [5, 5.41) is 11.7. The quantitative estimate of drug-likeness (QED) is 0.457. The number of amides is 3. The smallest absolute Gasteiger partial charge is 0.319 e. The van der Waals surface area contributed by atoms with Gasteiger partial charge in [-0.15, -0.1) is 0 Å². The van der Waals surface area contributed by atoms with Gasteiger partial charge in [0.25, 0.3) is 5.91 Å². The lowest BCUT2D eigenvalue weighted by molar-refractivity contribution is -0.115. The van der Waals surface area contributed by atoms with E-state index < -0.39 is 11.9 Å². The van der Waals surface area contributed by atoms with Gasteiger partial charge >= 0.3 is 6.03 Å². The molecule has 0 bridgehead atoms. The maximum absolute atomic E-state index is 11.9.